The molecule has 2 aromatic carbocycles. The second kappa shape index (κ2) is 7.99. The number of benzene rings is 2. The van der Waals surface area contributed by atoms with Gasteiger partial charge in [-0.05, 0) is 42.2 Å². The van der Waals surface area contributed by atoms with Crippen molar-refractivity contribution in [2.24, 2.45) is 0 Å². The third-order valence-corrected chi connectivity index (χ3v) is 4.00. The molecule has 2 aromatic rings. The molecule has 0 unspecified atom stereocenters. The van der Waals surface area contributed by atoms with Crippen molar-refractivity contribution >= 4 is 23.3 Å². The fraction of sp³-hybridized carbons (Fsp3) is 0.300. The van der Waals surface area contributed by atoms with Gasteiger partial charge in [0.25, 0.3) is 11.6 Å². The van der Waals surface area contributed by atoms with E-state index in [-0.39, 0.29) is 16.7 Å². The van der Waals surface area contributed by atoms with Crippen molar-refractivity contribution in [2.45, 2.75) is 33.1 Å². The van der Waals surface area contributed by atoms with Crippen molar-refractivity contribution in [2.75, 3.05) is 11.9 Å². The van der Waals surface area contributed by atoms with Crippen molar-refractivity contribution < 1.29 is 19.2 Å². The second-order valence-electron chi connectivity index (χ2n) is 7.21. The summed E-state index contributed by atoms with van der Waals surface area (Å²) in [5, 5.41) is 13.5. The van der Waals surface area contributed by atoms with Crippen molar-refractivity contribution in [3.8, 4) is 0 Å². The van der Waals surface area contributed by atoms with Crippen LogP contribution in [0, 0.1) is 17.0 Å². The number of nitrogens with one attached hydrogen (secondary N) is 1. The predicted molar refractivity (Wildman–Crippen MR) is 102 cm³/mol. The summed E-state index contributed by atoms with van der Waals surface area (Å²) in [6, 6.07) is 11.4. The van der Waals surface area contributed by atoms with E-state index in [1.165, 1.54) is 25.1 Å². The van der Waals surface area contributed by atoms with Gasteiger partial charge in [0.1, 0.15) is 0 Å². The lowest BCUT2D eigenvalue weighted by Gasteiger charge is -2.19. The molecule has 0 atom stereocenters. The normalized spacial score (nSPS) is 11.0. The van der Waals surface area contributed by atoms with Gasteiger partial charge in [-0.2, -0.15) is 0 Å². The average molecular weight is 370 g/mol. The summed E-state index contributed by atoms with van der Waals surface area (Å²) < 4.78 is 4.97. The third-order valence-electron chi connectivity index (χ3n) is 4.00. The van der Waals surface area contributed by atoms with Crippen LogP contribution in [0.3, 0.4) is 0 Å². The number of carbonyl (C=O) groups is 2. The molecule has 0 fully saturated rings. The minimum absolute atomic E-state index is 0.0148. The van der Waals surface area contributed by atoms with Crippen molar-refractivity contribution in [3.05, 3.63) is 69.3 Å². The Bertz CT molecular complexity index is 867. The Morgan fingerprint density at radius 2 is 1.74 bits per heavy atom. The molecule has 0 aliphatic rings. The molecule has 7 heteroatoms. The van der Waals surface area contributed by atoms with Crippen LogP contribution in [0.25, 0.3) is 0 Å². The molecular formula is C20H22N2O5. The number of nitro benzene ring substituents is 1. The zero-order chi connectivity index (χ0) is 20.2. The third kappa shape index (κ3) is 5.37. The van der Waals surface area contributed by atoms with Gasteiger partial charge in [0.15, 0.2) is 6.61 Å². The standard InChI is InChI=1S/C20H22N2O5/c1-13-11-14(5-10-17(13)22(25)26)19(24)27-12-18(23)21-16-8-6-15(7-9-16)20(2,3)4/h5-11H,12H2,1-4H3,(H,21,23). The van der Waals surface area contributed by atoms with Gasteiger partial charge in [0.2, 0.25) is 0 Å². The van der Waals surface area contributed by atoms with Gasteiger partial charge in [0, 0.05) is 17.3 Å². The topological polar surface area (TPSA) is 98.5 Å². The maximum atomic E-state index is 12.0. The van der Waals surface area contributed by atoms with Gasteiger partial charge in [0.05, 0.1) is 10.5 Å². The Labute approximate surface area is 157 Å². The molecule has 0 spiro atoms. The number of amides is 1. The monoisotopic (exact) mass is 370 g/mol. The fourth-order valence-corrected chi connectivity index (χ4v) is 2.45. The molecule has 142 valence electrons. The Kier molecular flexibility index (Phi) is 5.95. The van der Waals surface area contributed by atoms with Gasteiger partial charge in [-0.15, -0.1) is 0 Å². The van der Waals surface area contributed by atoms with Crippen molar-refractivity contribution in [1.29, 1.82) is 0 Å². The number of nitrogens with zero attached hydrogens (tertiary/aromatic N) is 1. The number of nitro groups is 1. The number of carbonyl (C=O) groups excluding carboxylic acids is 2. The lowest BCUT2D eigenvalue weighted by atomic mass is 9.87. The van der Waals surface area contributed by atoms with E-state index in [1.54, 1.807) is 12.1 Å². The summed E-state index contributed by atoms with van der Waals surface area (Å²) in [6.07, 6.45) is 0. The van der Waals surface area contributed by atoms with Gasteiger partial charge in [-0.25, -0.2) is 4.79 Å². The van der Waals surface area contributed by atoms with Crippen molar-refractivity contribution in [3.63, 3.8) is 0 Å². The number of rotatable bonds is 5. The number of hydrogen-bond donors (Lipinski definition) is 1. The van der Waals surface area contributed by atoms with Gasteiger partial charge >= 0.3 is 5.97 Å². The zero-order valence-corrected chi connectivity index (χ0v) is 15.7. The van der Waals surface area contributed by atoms with E-state index >= 15 is 0 Å². The zero-order valence-electron chi connectivity index (χ0n) is 15.7. The molecule has 7 nitrogen and oxygen atoms in total. The van der Waals surface area contributed by atoms with Crippen LogP contribution in [0.4, 0.5) is 11.4 Å². The molecule has 27 heavy (non-hydrogen) atoms. The molecule has 1 N–H and O–H groups in total. The minimum Gasteiger partial charge on any atom is -0.452 e. The van der Waals surface area contributed by atoms with Crippen LogP contribution in [-0.2, 0) is 14.9 Å². The minimum atomic E-state index is -0.716. The molecule has 0 radical (unpaired) electrons. The average Bonchev–Trinajstić information content (AvgIpc) is 2.59. The molecular weight excluding hydrogens is 348 g/mol. The highest BCUT2D eigenvalue weighted by Gasteiger charge is 2.16. The van der Waals surface area contributed by atoms with Crippen LogP contribution in [0.2, 0.25) is 0 Å². The SMILES string of the molecule is Cc1cc(C(=O)OCC(=O)Nc2ccc(C(C)(C)C)cc2)ccc1[N+](=O)[O-]. The molecule has 1 amide bonds. The smallest absolute Gasteiger partial charge is 0.338 e. The Hall–Kier alpha value is -3.22. The molecule has 0 aliphatic heterocycles. The van der Waals surface area contributed by atoms with E-state index in [9.17, 15) is 19.7 Å². The quantitative estimate of drug-likeness (QED) is 0.487. The van der Waals surface area contributed by atoms with Crippen molar-refractivity contribution in [1.82, 2.24) is 0 Å². The number of aryl methyl sites for hydroxylation is 1. The van der Waals surface area contributed by atoms with E-state index in [0.717, 1.165) is 5.56 Å². The first kappa shape index (κ1) is 20.1. The Morgan fingerprint density at radius 3 is 2.26 bits per heavy atom. The first-order valence-electron chi connectivity index (χ1n) is 8.40. The maximum absolute atomic E-state index is 12.0. The van der Waals surface area contributed by atoms with Crippen LogP contribution in [0.15, 0.2) is 42.5 Å². The highest BCUT2D eigenvalue weighted by atomic mass is 16.6. The van der Waals surface area contributed by atoms with E-state index in [2.05, 4.69) is 26.1 Å². The largest absolute Gasteiger partial charge is 0.452 e. The molecule has 0 heterocycles. The van der Waals surface area contributed by atoms with E-state index in [4.69, 9.17) is 4.74 Å². The molecule has 0 saturated heterocycles. The fourth-order valence-electron chi connectivity index (χ4n) is 2.45. The van der Waals surface area contributed by atoms with Crippen LogP contribution < -0.4 is 5.32 Å². The first-order valence-corrected chi connectivity index (χ1v) is 8.40. The molecule has 0 aliphatic carbocycles. The predicted octanol–water partition coefficient (Wildman–Crippen LogP) is 4.00. The van der Waals surface area contributed by atoms with Crippen LogP contribution in [0.1, 0.15) is 42.3 Å². The highest BCUT2D eigenvalue weighted by Crippen LogP contribution is 2.23. The number of esters is 1. The van der Waals surface area contributed by atoms with Crippen LogP contribution >= 0.6 is 0 Å². The first-order chi connectivity index (χ1) is 12.6. The summed E-state index contributed by atoms with van der Waals surface area (Å²) in [4.78, 5) is 34.3. The Morgan fingerprint density at radius 1 is 1.11 bits per heavy atom. The molecule has 0 saturated carbocycles. The number of hydrogen-bond acceptors (Lipinski definition) is 5. The number of ether oxygens (including phenoxy) is 1. The lowest BCUT2D eigenvalue weighted by Crippen LogP contribution is -2.21. The maximum Gasteiger partial charge on any atom is 0.338 e. The lowest BCUT2D eigenvalue weighted by molar-refractivity contribution is -0.385. The summed E-state index contributed by atoms with van der Waals surface area (Å²) in [5.41, 5.74) is 2.18. The summed E-state index contributed by atoms with van der Waals surface area (Å²) in [5.74, 6) is -1.18. The highest BCUT2D eigenvalue weighted by molar-refractivity contribution is 5.95. The Balaban J connectivity index is 1.92. The number of anilines is 1. The van der Waals surface area contributed by atoms with Crippen LogP contribution in [0.5, 0.6) is 0 Å². The van der Waals surface area contributed by atoms with Gasteiger partial charge in [-0.1, -0.05) is 32.9 Å². The summed E-state index contributed by atoms with van der Waals surface area (Å²) in [7, 11) is 0. The summed E-state index contributed by atoms with van der Waals surface area (Å²) >= 11 is 0. The molecule has 0 aromatic heterocycles. The van der Waals surface area contributed by atoms with E-state index in [0.29, 0.717) is 11.3 Å². The molecule has 2 rings (SSSR count). The second-order valence-corrected chi connectivity index (χ2v) is 7.21. The summed E-state index contributed by atoms with van der Waals surface area (Å²) in [6.45, 7) is 7.37. The van der Waals surface area contributed by atoms with E-state index in [1.807, 2.05) is 12.1 Å². The van der Waals surface area contributed by atoms with Gasteiger partial charge < -0.3 is 10.1 Å². The van der Waals surface area contributed by atoms with E-state index < -0.39 is 23.4 Å². The van der Waals surface area contributed by atoms with Crippen LogP contribution in [-0.4, -0.2) is 23.4 Å². The molecule has 0 bridgehead atoms. The van der Waals surface area contributed by atoms with Gasteiger partial charge in [-0.3, -0.25) is 14.9 Å².